The number of amides is 3. The second-order valence-electron chi connectivity index (χ2n) is 7.16. The van der Waals surface area contributed by atoms with Crippen LogP contribution in [0.5, 0.6) is 0 Å². The molecule has 3 rings (SSSR count). The first-order chi connectivity index (χ1) is 12.0. The molecule has 2 N–H and O–H groups in total. The third-order valence-corrected chi connectivity index (χ3v) is 5.01. The predicted octanol–water partition coefficient (Wildman–Crippen LogP) is 2.55. The lowest BCUT2D eigenvalue weighted by Gasteiger charge is -2.37. The Bertz CT molecular complexity index is 660. The van der Waals surface area contributed by atoms with E-state index in [0.717, 1.165) is 18.4 Å². The first kappa shape index (κ1) is 17.7. The summed E-state index contributed by atoms with van der Waals surface area (Å²) in [4.78, 5) is 26.6. The molecule has 3 amide bonds. The zero-order valence-corrected chi connectivity index (χ0v) is 14.8. The highest BCUT2D eigenvalue weighted by Gasteiger charge is 2.36. The molecule has 0 aromatic heterocycles. The largest absolute Gasteiger partial charge is 0.353 e. The van der Waals surface area contributed by atoms with E-state index in [4.69, 9.17) is 0 Å². The summed E-state index contributed by atoms with van der Waals surface area (Å²) in [6, 6.07) is 5.23. The van der Waals surface area contributed by atoms with Crippen LogP contribution in [-0.4, -0.2) is 42.5 Å². The number of carbonyl (C=O) groups excluding carboxylic acids is 2. The normalized spacial score (nSPS) is 23.2. The maximum Gasteiger partial charge on any atom is 0.317 e. The van der Waals surface area contributed by atoms with Crippen LogP contribution in [0.4, 0.5) is 9.18 Å². The molecule has 0 radical (unpaired) electrons. The summed E-state index contributed by atoms with van der Waals surface area (Å²) >= 11 is 0. The van der Waals surface area contributed by atoms with Crippen molar-refractivity contribution < 1.29 is 14.0 Å². The van der Waals surface area contributed by atoms with Gasteiger partial charge in [0, 0.05) is 31.6 Å². The molecule has 2 fully saturated rings. The lowest BCUT2D eigenvalue weighted by atomic mass is 9.83. The van der Waals surface area contributed by atoms with Gasteiger partial charge in [-0.05, 0) is 50.3 Å². The number of hydrogen-bond acceptors (Lipinski definition) is 2. The highest BCUT2D eigenvalue weighted by molar-refractivity contribution is 5.81. The van der Waals surface area contributed by atoms with Crippen LogP contribution in [0.2, 0.25) is 0 Å². The Morgan fingerprint density at radius 3 is 2.68 bits per heavy atom. The second-order valence-corrected chi connectivity index (χ2v) is 7.16. The van der Waals surface area contributed by atoms with E-state index in [-0.39, 0.29) is 29.6 Å². The Morgan fingerprint density at radius 2 is 2.04 bits per heavy atom. The van der Waals surface area contributed by atoms with E-state index in [0.29, 0.717) is 37.7 Å². The number of hydrogen-bond donors (Lipinski definition) is 2. The SMILES string of the molecule is CCNC(=O)N1CC(C(=O)NC2CC2)CC(c2ccc(F)c(C)c2)C1. The van der Waals surface area contributed by atoms with E-state index >= 15 is 0 Å². The summed E-state index contributed by atoms with van der Waals surface area (Å²) in [5.41, 5.74) is 1.57. The van der Waals surface area contributed by atoms with Gasteiger partial charge in [0.15, 0.2) is 0 Å². The van der Waals surface area contributed by atoms with Gasteiger partial charge in [-0.3, -0.25) is 4.79 Å². The average Bonchev–Trinajstić information content (AvgIpc) is 3.41. The van der Waals surface area contributed by atoms with Crippen LogP contribution < -0.4 is 10.6 Å². The van der Waals surface area contributed by atoms with Gasteiger partial charge in [0.05, 0.1) is 5.92 Å². The molecule has 1 saturated carbocycles. The first-order valence-electron chi connectivity index (χ1n) is 9.07. The van der Waals surface area contributed by atoms with Crippen molar-refractivity contribution in [3.8, 4) is 0 Å². The predicted molar refractivity (Wildman–Crippen MR) is 93.8 cm³/mol. The molecule has 2 aliphatic rings. The fourth-order valence-corrected chi connectivity index (χ4v) is 3.43. The van der Waals surface area contributed by atoms with E-state index < -0.39 is 0 Å². The molecule has 25 heavy (non-hydrogen) atoms. The zero-order chi connectivity index (χ0) is 18.0. The van der Waals surface area contributed by atoms with Gasteiger partial charge in [-0.1, -0.05) is 12.1 Å². The number of halogens is 1. The molecule has 136 valence electrons. The number of carbonyl (C=O) groups is 2. The molecule has 1 aromatic carbocycles. The number of likely N-dealkylation sites (tertiary alicyclic amines) is 1. The number of urea groups is 1. The van der Waals surface area contributed by atoms with Gasteiger partial charge < -0.3 is 15.5 Å². The number of nitrogens with zero attached hydrogens (tertiary/aromatic N) is 1. The molecule has 1 aromatic rings. The molecule has 1 aliphatic heterocycles. The Hall–Kier alpha value is -2.11. The highest BCUT2D eigenvalue weighted by Crippen LogP contribution is 2.32. The van der Waals surface area contributed by atoms with E-state index in [2.05, 4.69) is 10.6 Å². The van der Waals surface area contributed by atoms with Gasteiger partial charge in [-0.2, -0.15) is 0 Å². The van der Waals surface area contributed by atoms with Crippen molar-refractivity contribution in [1.82, 2.24) is 15.5 Å². The van der Waals surface area contributed by atoms with Crippen molar-refractivity contribution in [2.45, 2.75) is 45.1 Å². The van der Waals surface area contributed by atoms with E-state index in [9.17, 15) is 14.0 Å². The van der Waals surface area contributed by atoms with Crippen molar-refractivity contribution in [1.29, 1.82) is 0 Å². The number of benzene rings is 1. The van der Waals surface area contributed by atoms with Crippen LogP contribution in [0.3, 0.4) is 0 Å². The van der Waals surface area contributed by atoms with Crippen LogP contribution in [0.1, 0.15) is 43.2 Å². The van der Waals surface area contributed by atoms with Crippen molar-refractivity contribution in [3.05, 3.63) is 35.1 Å². The summed E-state index contributed by atoms with van der Waals surface area (Å²) in [5.74, 6) is -0.401. The first-order valence-corrected chi connectivity index (χ1v) is 9.07. The van der Waals surface area contributed by atoms with Crippen LogP contribution in [0.25, 0.3) is 0 Å². The topological polar surface area (TPSA) is 61.4 Å². The molecule has 2 unspecified atom stereocenters. The molecular formula is C19H26FN3O2. The van der Waals surface area contributed by atoms with Gasteiger partial charge >= 0.3 is 6.03 Å². The fraction of sp³-hybridized carbons (Fsp3) is 0.579. The summed E-state index contributed by atoms with van der Waals surface area (Å²) in [6.07, 6.45) is 2.76. The lowest BCUT2D eigenvalue weighted by Crippen LogP contribution is -2.51. The van der Waals surface area contributed by atoms with Crippen LogP contribution in [0.15, 0.2) is 18.2 Å². The summed E-state index contributed by atoms with van der Waals surface area (Å²) in [5, 5.41) is 5.87. The van der Waals surface area contributed by atoms with Crippen molar-refractivity contribution >= 4 is 11.9 Å². The van der Waals surface area contributed by atoms with Gasteiger partial charge in [-0.25, -0.2) is 9.18 Å². The number of rotatable bonds is 4. The van der Waals surface area contributed by atoms with Gasteiger partial charge in [-0.15, -0.1) is 0 Å². The second kappa shape index (κ2) is 7.42. The summed E-state index contributed by atoms with van der Waals surface area (Å²) < 4.78 is 13.6. The minimum atomic E-state index is -0.233. The van der Waals surface area contributed by atoms with E-state index in [1.54, 1.807) is 17.9 Å². The maximum atomic E-state index is 13.6. The molecule has 2 atom stereocenters. The molecular weight excluding hydrogens is 321 g/mol. The summed E-state index contributed by atoms with van der Waals surface area (Å²) in [6.45, 7) is 5.14. The standard InChI is InChI=1S/C19H26FN3O2/c1-3-21-19(25)23-10-14(13-4-7-17(20)12(2)8-13)9-15(11-23)18(24)22-16-5-6-16/h4,7-8,14-16H,3,5-6,9-11H2,1-2H3,(H,21,25)(H,22,24). The van der Waals surface area contributed by atoms with Gasteiger partial charge in [0.25, 0.3) is 0 Å². The number of nitrogens with one attached hydrogen (secondary N) is 2. The monoisotopic (exact) mass is 347 g/mol. The zero-order valence-electron chi connectivity index (χ0n) is 14.8. The third kappa shape index (κ3) is 4.30. The Morgan fingerprint density at radius 1 is 1.28 bits per heavy atom. The quantitative estimate of drug-likeness (QED) is 0.879. The van der Waals surface area contributed by atoms with Gasteiger partial charge in [0.1, 0.15) is 5.82 Å². The van der Waals surface area contributed by atoms with Crippen LogP contribution >= 0.6 is 0 Å². The molecule has 5 nitrogen and oxygen atoms in total. The van der Waals surface area contributed by atoms with Crippen LogP contribution in [0, 0.1) is 18.7 Å². The minimum absolute atomic E-state index is 0.0281. The average molecular weight is 347 g/mol. The lowest BCUT2D eigenvalue weighted by molar-refractivity contribution is -0.126. The molecule has 0 bridgehead atoms. The van der Waals surface area contributed by atoms with Gasteiger partial charge in [0.2, 0.25) is 5.91 Å². The molecule has 6 heteroatoms. The Kier molecular flexibility index (Phi) is 5.25. The Labute approximate surface area is 148 Å². The summed E-state index contributed by atoms with van der Waals surface area (Å²) in [7, 11) is 0. The molecule has 0 spiro atoms. The third-order valence-electron chi connectivity index (χ3n) is 5.01. The van der Waals surface area contributed by atoms with E-state index in [1.165, 1.54) is 6.07 Å². The highest BCUT2D eigenvalue weighted by atomic mass is 19.1. The number of aryl methyl sites for hydroxylation is 1. The molecule has 1 heterocycles. The molecule has 1 aliphatic carbocycles. The van der Waals surface area contributed by atoms with Crippen molar-refractivity contribution in [3.63, 3.8) is 0 Å². The fourth-order valence-electron chi connectivity index (χ4n) is 3.43. The Balaban J connectivity index is 1.78. The minimum Gasteiger partial charge on any atom is -0.353 e. The maximum absolute atomic E-state index is 13.6. The van der Waals surface area contributed by atoms with E-state index in [1.807, 2.05) is 13.0 Å². The number of piperidine rings is 1. The smallest absolute Gasteiger partial charge is 0.317 e. The van der Waals surface area contributed by atoms with Crippen molar-refractivity contribution in [2.24, 2.45) is 5.92 Å². The van der Waals surface area contributed by atoms with Crippen molar-refractivity contribution in [2.75, 3.05) is 19.6 Å². The molecule has 1 saturated heterocycles. The van der Waals surface area contributed by atoms with Crippen LogP contribution in [-0.2, 0) is 4.79 Å².